The summed E-state index contributed by atoms with van der Waals surface area (Å²) in [5.74, 6) is -0.0342. The second kappa shape index (κ2) is 21.6. The molecule has 5 aromatic heterocycles. The van der Waals surface area contributed by atoms with Crippen LogP contribution >= 0.6 is 11.3 Å². The molecule has 17 nitrogen and oxygen atoms in total. The number of rotatable bonds is 14. The third kappa shape index (κ3) is 9.97. The lowest BCUT2D eigenvalue weighted by atomic mass is 9.90. The molecule has 11 rings (SSSR count). The van der Waals surface area contributed by atoms with Crippen molar-refractivity contribution >= 4 is 57.3 Å². The summed E-state index contributed by atoms with van der Waals surface area (Å²) in [5, 5.41) is 21.4. The monoisotopic (exact) mass is 1100 g/mol. The first-order chi connectivity index (χ1) is 37.9. The number of aromatic nitrogens is 6. The van der Waals surface area contributed by atoms with Crippen molar-refractivity contribution < 1.29 is 37.5 Å². The van der Waals surface area contributed by atoms with Gasteiger partial charge in [-0.05, 0) is 80.8 Å². The fraction of sp³-hybridized carbons (Fsp3) is 0.475. The normalized spacial score (nSPS) is 19.5. The van der Waals surface area contributed by atoms with E-state index in [-0.39, 0.29) is 54.3 Å². The molecule has 4 aliphatic heterocycles. The van der Waals surface area contributed by atoms with Crippen LogP contribution < -0.4 is 9.80 Å². The van der Waals surface area contributed by atoms with Gasteiger partial charge in [0.2, 0.25) is 17.7 Å². The highest BCUT2D eigenvalue weighted by atomic mass is 32.1. The van der Waals surface area contributed by atoms with Crippen LogP contribution in [0, 0.1) is 12.8 Å². The number of aryl methyl sites for hydroxylation is 1. The van der Waals surface area contributed by atoms with Crippen LogP contribution in [0.5, 0.6) is 0 Å². The highest BCUT2D eigenvalue weighted by Gasteiger charge is 2.46. The molecule has 79 heavy (non-hydrogen) atoms. The number of fused-ring (bicyclic) bond motifs is 2. The highest BCUT2D eigenvalue weighted by molar-refractivity contribution is 7.13. The third-order valence-electron chi connectivity index (χ3n) is 17.2. The first-order valence-electron chi connectivity index (χ1n) is 27.4. The van der Waals surface area contributed by atoms with Crippen LogP contribution in [0.3, 0.4) is 0 Å². The number of alkyl halides is 2. The van der Waals surface area contributed by atoms with E-state index in [1.807, 2.05) is 106 Å². The van der Waals surface area contributed by atoms with Gasteiger partial charge in [-0.2, -0.15) is 5.10 Å². The molecule has 9 heterocycles. The molecule has 0 radical (unpaired) electrons. The number of β-amino-alcohol motifs (C(OH)–C–C–N with tert-alkyl or cyclic N) is 1. The van der Waals surface area contributed by atoms with Crippen LogP contribution in [-0.2, 0) is 37.6 Å². The SMILES string of the molecule is CC(=O)N1CCc2c(c(N(C)c3ccc(-c4cn([C@@H]5CCN(c6cc(C(C(=O)N7C[C@H](O)C[C@H]7C(=O)N(C)C(C)(C)c7ccc(-c8scnc8C)cc7)C(C)C)on6)C5)c5ccncc45)c(C(F)F)c3)nn2C2CCOCC2)C1. The Balaban J connectivity index is 0.813. The zero-order valence-corrected chi connectivity index (χ0v) is 46.9. The van der Waals surface area contributed by atoms with Gasteiger partial charge in [-0.1, -0.05) is 49.3 Å². The topological polar surface area (TPSA) is 171 Å². The number of thiazole rings is 1. The summed E-state index contributed by atoms with van der Waals surface area (Å²) >= 11 is 1.58. The first-order valence-corrected chi connectivity index (χ1v) is 28.3. The van der Waals surface area contributed by atoms with Crippen molar-refractivity contribution in [2.75, 3.05) is 63.3 Å². The van der Waals surface area contributed by atoms with Crippen molar-refractivity contribution in [1.82, 2.24) is 44.2 Å². The minimum absolute atomic E-state index is 0.0137. The lowest BCUT2D eigenvalue weighted by molar-refractivity contribution is -0.147. The Morgan fingerprint density at radius 1 is 0.949 bits per heavy atom. The summed E-state index contributed by atoms with van der Waals surface area (Å²) < 4.78 is 46.9. The number of hydrogen-bond donors (Lipinski definition) is 1. The number of hydrogen-bond acceptors (Lipinski definition) is 13. The maximum atomic E-state index is 15.5. The second-order valence-electron chi connectivity index (χ2n) is 22.6. The number of carbonyl (C=O) groups is 3. The number of aliphatic hydroxyl groups excluding tert-OH is 1. The average molecular weight is 1100 g/mol. The van der Waals surface area contributed by atoms with E-state index in [0.717, 1.165) is 56.7 Å². The summed E-state index contributed by atoms with van der Waals surface area (Å²) in [7, 11) is 3.60. The second-order valence-corrected chi connectivity index (χ2v) is 23.5. The molecular weight excluding hydrogens is 1030 g/mol. The molecule has 7 aromatic rings. The third-order valence-corrected chi connectivity index (χ3v) is 18.2. The van der Waals surface area contributed by atoms with Crippen LogP contribution in [-0.4, -0.2) is 133 Å². The van der Waals surface area contributed by atoms with Crippen LogP contribution in [0.25, 0.3) is 32.5 Å². The number of nitrogens with zero attached hydrogens (tertiary/aromatic N) is 11. The van der Waals surface area contributed by atoms with Crippen molar-refractivity contribution in [2.45, 2.75) is 122 Å². The van der Waals surface area contributed by atoms with Gasteiger partial charge in [0, 0.05) is 131 Å². The molecule has 2 aromatic carbocycles. The lowest BCUT2D eigenvalue weighted by Crippen LogP contribution is -2.53. The number of halogens is 2. The molecule has 1 unspecified atom stereocenters. The lowest BCUT2D eigenvalue weighted by Gasteiger charge is -2.39. The maximum Gasteiger partial charge on any atom is 0.264 e. The van der Waals surface area contributed by atoms with Crippen LogP contribution in [0.1, 0.15) is 119 Å². The van der Waals surface area contributed by atoms with E-state index < -0.39 is 30.0 Å². The number of amides is 3. The predicted molar refractivity (Wildman–Crippen MR) is 298 cm³/mol. The van der Waals surface area contributed by atoms with Gasteiger partial charge in [-0.25, -0.2) is 13.8 Å². The molecule has 0 saturated carbocycles. The fourth-order valence-electron chi connectivity index (χ4n) is 12.4. The van der Waals surface area contributed by atoms with Gasteiger partial charge in [0.05, 0.1) is 51.9 Å². The molecule has 3 amide bonds. The number of anilines is 3. The van der Waals surface area contributed by atoms with E-state index in [9.17, 15) is 19.5 Å². The Morgan fingerprint density at radius 3 is 2.43 bits per heavy atom. The molecule has 4 aliphatic rings. The number of likely N-dealkylation sites (N-methyl/N-ethyl adjacent to an activating group) is 1. The number of pyridine rings is 1. The van der Waals surface area contributed by atoms with Crippen LogP contribution in [0.15, 0.2) is 83.2 Å². The van der Waals surface area contributed by atoms with Crippen molar-refractivity contribution in [3.05, 3.63) is 113 Å². The molecule has 3 saturated heterocycles. The van der Waals surface area contributed by atoms with Crippen LogP contribution in [0.2, 0.25) is 0 Å². The largest absolute Gasteiger partial charge is 0.391 e. The number of carbonyl (C=O) groups excluding carboxylic acids is 3. The minimum atomic E-state index is -2.80. The summed E-state index contributed by atoms with van der Waals surface area (Å²) in [6, 6.07) is 16.2. The number of likely N-dealkylation sites (tertiary alicyclic amines) is 1. The zero-order chi connectivity index (χ0) is 55.6. The maximum absolute atomic E-state index is 15.5. The molecule has 416 valence electrons. The molecule has 4 atom stereocenters. The number of benzene rings is 2. The van der Waals surface area contributed by atoms with E-state index in [4.69, 9.17) is 14.4 Å². The minimum Gasteiger partial charge on any atom is -0.391 e. The van der Waals surface area contributed by atoms with Crippen molar-refractivity contribution in [3.8, 4) is 21.6 Å². The Hall–Kier alpha value is -7.03. The average Bonchev–Trinajstić information content (AvgIpc) is 4.36. The standard InChI is InChI=1S/C59H69F2N11O6S/c1-34(2)53(58(76)71-30-42(74)26-50(71)57(75)67(8)59(5,6)38-11-9-37(10-12-38)54-35(3)63-33-79-54)51-27-52(65-78-51)69-21-16-41(29-69)70-32-46(45-28-62-20-15-48(45)70)43-14-13-40(25-44(43)55(60)61)66(7)56-47-31-68(36(4)73)22-17-49(47)72(64-56)39-18-23-77-24-19-39/h9-15,20,25,27-28,32-34,39,41-42,50,53,55,74H,16-19,21-24,26,29-31H2,1-8H3/t41-,42-,50+,53?/m1/s1. The summed E-state index contributed by atoms with van der Waals surface area (Å²) in [5.41, 5.74) is 8.38. The van der Waals surface area contributed by atoms with Crippen molar-refractivity contribution in [3.63, 3.8) is 0 Å². The van der Waals surface area contributed by atoms with Crippen molar-refractivity contribution in [1.29, 1.82) is 0 Å². The molecule has 0 aliphatic carbocycles. The highest BCUT2D eigenvalue weighted by Crippen LogP contribution is 2.44. The molecular formula is C59H69F2N11O6S. The number of aliphatic hydroxyl groups is 1. The van der Waals surface area contributed by atoms with Crippen molar-refractivity contribution in [2.24, 2.45) is 5.92 Å². The molecule has 1 N–H and O–H groups in total. The Kier molecular flexibility index (Phi) is 14.7. The van der Waals surface area contributed by atoms with Gasteiger partial charge in [0.25, 0.3) is 6.43 Å². The zero-order valence-electron chi connectivity index (χ0n) is 46.1. The van der Waals surface area contributed by atoms with Gasteiger partial charge < -0.3 is 43.4 Å². The van der Waals surface area contributed by atoms with Gasteiger partial charge in [0.15, 0.2) is 17.4 Å². The summed E-state index contributed by atoms with van der Waals surface area (Å²) in [6.07, 6.45) is 4.85. The first kappa shape index (κ1) is 53.9. The smallest absolute Gasteiger partial charge is 0.264 e. The van der Waals surface area contributed by atoms with E-state index in [1.54, 1.807) is 54.7 Å². The molecule has 0 bridgehead atoms. The quantitative estimate of drug-likeness (QED) is 0.110. The van der Waals surface area contributed by atoms with E-state index >= 15 is 8.78 Å². The van der Waals surface area contributed by atoms with Gasteiger partial charge in [-0.3, -0.25) is 24.0 Å². The van der Waals surface area contributed by atoms with Crippen LogP contribution in [0.4, 0.5) is 26.1 Å². The molecule has 0 spiro atoms. The van der Waals surface area contributed by atoms with E-state index in [1.165, 1.54) is 4.90 Å². The van der Waals surface area contributed by atoms with E-state index in [0.29, 0.717) is 86.4 Å². The Morgan fingerprint density at radius 2 is 1.72 bits per heavy atom. The summed E-state index contributed by atoms with van der Waals surface area (Å²) in [6.45, 7) is 14.8. The molecule has 20 heteroatoms. The Labute approximate surface area is 462 Å². The Bertz CT molecular complexity index is 3400. The summed E-state index contributed by atoms with van der Waals surface area (Å²) in [4.78, 5) is 60.7. The predicted octanol–water partition coefficient (Wildman–Crippen LogP) is 9.83. The van der Waals surface area contributed by atoms with Gasteiger partial charge >= 0.3 is 0 Å². The van der Waals surface area contributed by atoms with E-state index in [2.05, 4.69) is 29.3 Å². The van der Waals surface area contributed by atoms with Gasteiger partial charge in [0.1, 0.15) is 12.0 Å². The fourth-order valence-corrected chi connectivity index (χ4v) is 13.2. The molecule has 3 fully saturated rings. The van der Waals surface area contributed by atoms with Gasteiger partial charge in [-0.15, -0.1) is 11.3 Å². The number of ether oxygens (including phenoxy) is 1.